The van der Waals surface area contributed by atoms with E-state index in [-0.39, 0.29) is 16.3 Å². The molecular formula is C15H13BrFNO5S. The SMILES string of the molecule is COc1ccc(S(=O)(=O)N(CC(=O)O)c2ccc(Br)cc2)cc1F. The molecule has 0 atom stereocenters. The van der Waals surface area contributed by atoms with Crippen molar-refractivity contribution < 1.29 is 27.4 Å². The smallest absolute Gasteiger partial charge is 0.324 e. The van der Waals surface area contributed by atoms with Crippen molar-refractivity contribution in [2.45, 2.75) is 4.90 Å². The minimum absolute atomic E-state index is 0.109. The van der Waals surface area contributed by atoms with Crippen LogP contribution in [0.1, 0.15) is 0 Å². The molecule has 0 heterocycles. The molecule has 0 saturated heterocycles. The van der Waals surface area contributed by atoms with Gasteiger partial charge in [0.2, 0.25) is 0 Å². The lowest BCUT2D eigenvalue weighted by Crippen LogP contribution is -2.35. The summed E-state index contributed by atoms with van der Waals surface area (Å²) in [4.78, 5) is 10.7. The summed E-state index contributed by atoms with van der Waals surface area (Å²) in [5.74, 6) is -2.30. The fraction of sp³-hybridized carbons (Fsp3) is 0.133. The maximum atomic E-state index is 13.8. The van der Waals surface area contributed by atoms with E-state index in [0.717, 1.165) is 12.1 Å². The number of benzene rings is 2. The van der Waals surface area contributed by atoms with Gasteiger partial charge in [-0.15, -0.1) is 0 Å². The third-order valence-electron chi connectivity index (χ3n) is 3.10. The van der Waals surface area contributed by atoms with Gasteiger partial charge in [-0.1, -0.05) is 15.9 Å². The Morgan fingerprint density at radius 1 is 1.25 bits per heavy atom. The lowest BCUT2D eigenvalue weighted by atomic mass is 10.3. The third-order valence-corrected chi connectivity index (χ3v) is 5.40. The topological polar surface area (TPSA) is 83.9 Å². The number of hydrogen-bond acceptors (Lipinski definition) is 4. The second kappa shape index (κ2) is 7.18. The number of carboxylic acid groups (broad SMARTS) is 1. The van der Waals surface area contributed by atoms with E-state index in [1.165, 1.54) is 25.3 Å². The lowest BCUT2D eigenvalue weighted by Gasteiger charge is -2.23. The molecule has 0 amide bonds. The van der Waals surface area contributed by atoms with Gasteiger partial charge in [-0.2, -0.15) is 0 Å². The summed E-state index contributed by atoms with van der Waals surface area (Å²) in [6, 6.07) is 9.17. The molecule has 2 aromatic carbocycles. The van der Waals surface area contributed by atoms with Gasteiger partial charge in [0.1, 0.15) is 6.54 Å². The summed E-state index contributed by atoms with van der Waals surface area (Å²) in [7, 11) is -3.01. The first-order valence-electron chi connectivity index (χ1n) is 6.59. The van der Waals surface area contributed by atoms with E-state index in [0.29, 0.717) is 8.78 Å². The largest absolute Gasteiger partial charge is 0.494 e. The average molecular weight is 418 g/mol. The highest BCUT2D eigenvalue weighted by Gasteiger charge is 2.28. The van der Waals surface area contributed by atoms with Gasteiger partial charge in [-0.05, 0) is 42.5 Å². The van der Waals surface area contributed by atoms with Crippen molar-refractivity contribution in [2.75, 3.05) is 18.0 Å². The van der Waals surface area contributed by atoms with Crippen LogP contribution in [0.4, 0.5) is 10.1 Å². The number of carboxylic acids is 1. The number of ether oxygens (including phenoxy) is 1. The number of hydrogen-bond donors (Lipinski definition) is 1. The molecule has 0 radical (unpaired) electrons. The van der Waals surface area contributed by atoms with E-state index in [2.05, 4.69) is 15.9 Å². The number of sulfonamides is 1. The molecule has 6 nitrogen and oxygen atoms in total. The molecule has 2 rings (SSSR count). The molecule has 0 aromatic heterocycles. The second-order valence-electron chi connectivity index (χ2n) is 4.68. The Balaban J connectivity index is 2.53. The highest BCUT2D eigenvalue weighted by molar-refractivity contribution is 9.10. The van der Waals surface area contributed by atoms with E-state index >= 15 is 0 Å². The van der Waals surface area contributed by atoms with Gasteiger partial charge in [-0.25, -0.2) is 12.8 Å². The Kier molecular flexibility index (Phi) is 5.45. The Labute approximate surface area is 146 Å². The first-order chi connectivity index (χ1) is 11.3. The molecule has 0 fully saturated rings. The van der Waals surface area contributed by atoms with Gasteiger partial charge in [0.25, 0.3) is 10.0 Å². The monoisotopic (exact) mass is 417 g/mol. The Bertz CT molecular complexity index is 855. The molecule has 0 saturated carbocycles. The molecule has 128 valence electrons. The quantitative estimate of drug-likeness (QED) is 0.780. The van der Waals surface area contributed by atoms with Crippen molar-refractivity contribution in [2.24, 2.45) is 0 Å². The van der Waals surface area contributed by atoms with Crippen LogP contribution in [0, 0.1) is 5.82 Å². The maximum Gasteiger partial charge on any atom is 0.324 e. The Morgan fingerprint density at radius 2 is 1.88 bits per heavy atom. The van der Waals surface area contributed by atoms with Crippen molar-refractivity contribution in [1.82, 2.24) is 0 Å². The van der Waals surface area contributed by atoms with Crippen LogP contribution >= 0.6 is 15.9 Å². The van der Waals surface area contributed by atoms with E-state index in [4.69, 9.17) is 9.84 Å². The van der Waals surface area contributed by atoms with Gasteiger partial charge in [0.05, 0.1) is 17.7 Å². The number of nitrogens with zero attached hydrogens (tertiary/aromatic N) is 1. The molecule has 1 N–H and O–H groups in total. The van der Waals surface area contributed by atoms with Crippen molar-refractivity contribution in [3.05, 3.63) is 52.8 Å². The summed E-state index contributed by atoms with van der Waals surface area (Å²) in [5, 5.41) is 9.04. The highest BCUT2D eigenvalue weighted by atomic mass is 79.9. The molecular weight excluding hydrogens is 405 g/mol. The maximum absolute atomic E-state index is 13.8. The Morgan fingerprint density at radius 3 is 2.38 bits per heavy atom. The van der Waals surface area contributed by atoms with Crippen LogP contribution in [0.2, 0.25) is 0 Å². The number of anilines is 1. The molecule has 24 heavy (non-hydrogen) atoms. The molecule has 2 aromatic rings. The fourth-order valence-corrected chi connectivity index (χ4v) is 3.67. The van der Waals surface area contributed by atoms with Crippen LogP contribution in [0.5, 0.6) is 5.75 Å². The molecule has 0 unspecified atom stereocenters. The summed E-state index contributed by atoms with van der Waals surface area (Å²) < 4.78 is 45.5. The van der Waals surface area contributed by atoms with Gasteiger partial charge in [0.15, 0.2) is 11.6 Å². The van der Waals surface area contributed by atoms with E-state index in [9.17, 15) is 17.6 Å². The number of methoxy groups -OCH3 is 1. The lowest BCUT2D eigenvalue weighted by molar-refractivity contribution is -0.135. The number of carbonyl (C=O) groups is 1. The Hall–Kier alpha value is -2.13. The average Bonchev–Trinajstić information content (AvgIpc) is 2.53. The molecule has 0 aliphatic heterocycles. The predicted molar refractivity (Wildman–Crippen MR) is 89.3 cm³/mol. The zero-order chi connectivity index (χ0) is 17.9. The van der Waals surface area contributed by atoms with Gasteiger partial charge in [-0.3, -0.25) is 9.10 Å². The summed E-state index contributed by atoms with van der Waals surface area (Å²) in [5.41, 5.74) is 0.150. The highest BCUT2D eigenvalue weighted by Crippen LogP contribution is 2.27. The first kappa shape index (κ1) is 18.2. The van der Waals surface area contributed by atoms with Crippen molar-refractivity contribution >= 4 is 37.6 Å². The first-order valence-corrected chi connectivity index (χ1v) is 8.82. The molecule has 9 heteroatoms. The van der Waals surface area contributed by atoms with Crippen LogP contribution in [-0.4, -0.2) is 33.1 Å². The number of halogens is 2. The van der Waals surface area contributed by atoms with Crippen molar-refractivity contribution in [3.8, 4) is 5.75 Å². The summed E-state index contributed by atoms with van der Waals surface area (Å²) in [6.07, 6.45) is 0. The summed E-state index contributed by atoms with van der Waals surface area (Å²) in [6.45, 7) is -0.794. The van der Waals surface area contributed by atoms with Gasteiger partial charge in [0, 0.05) is 4.47 Å². The third kappa shape index (κ3) is 3.85. The fourth-order valence-electron chi connectivity index (χ4n) is 1.98. The normalized spacial score (nSPS) is 11.1. The van der Waals surface area contributed by atoms with Crippen LogP contribution in [0.25, 0.3) is 0 Å². The standard InChI is InChI=1S/C15H13BrFNO5S/c1-23-14-7-6-12(8-13(14)17)24(21,22)18(9-15(19)20)11-4-2-10(16)3-5-11/h2-8H,9H2,1H3,(H,19,20). The van der Waals surface area contributed by atoms with Crippen LogP contribution in [0.15, 0.2) is 51.8 Å². The van der Waals surface area contributed by atoms with E-state index < -0.39 is 28.4 Å². The van der Waals surface area contributed by atoms with Gasteiger partial charge < -0.3 is 9.84 Å². The number of aliphatic carboxylic acids is 1. The minimum Gasteiger partial charge on any atom is -0.494 e. The molecule has 0 bridgehead atoms. The van der Waals surface area contributed by atoms with Crippen LogP contribution < -0.4 is 9.04 Å². The zero-order valence-electron chi connectivity index (χ0n) is 12.4. The van der Waals surface area contributed by atoms with Crippen molar-refractivity contribution in [1.29, 1.82) is 0 Å². The zero-order valence-corrected chi connectivity index (χ0v) is 14.8. The predicted octanol–water partition coefficient (Wildman–Crippen LogP) is 2.88. The van der Waals surface area contributed by atoms with Crippen molar-refractivity contribution in [3.63, 3.8) is 0 Å². The minimum atomic E-state index is -4.27. The molecule has 0 aliphatic carbocycles. The van der Waals surface area contributed by atoms with Gasteiger partial charge >= 0.3 is 5.97 Å². The van der Waals surface area contributed by atoms with Crippen LogP contribution in [0.3, 0.4) is 0 Å². The number of rotatable bonds is 6. The van der Waals surface area contributed by atoms with E-state index in [1.54, 1.807) is 12.1 Å². The second-order valence-corrected chi connectivity index (χ2v) is 7.46. The summed E-state index contributed by atoms with van der Waals surface area (Å²) >= 11 is 3.22. The molecule has 0 aliphatic rings. The van der Waals surface area contributed by atoms with Crippen LogP contribution in [-0.2, 0) is 14.8 Å². The molecule has 0 spiro atoms. The van der Waals surface area contributed by atoms with E-state index in [1.807, 2.05) is 0 Å².